The number of benzene rings is 1. The molecular formula is C12H16BrN. The fourth-order valence-corrected chi connectivity index (χ4v) is 2.59. The normalized spacial score (nSPS) is 30.4. The molecular weight excluding hydrogens is 238 g/mol. The third-order valence-electron chi connectivity index (χ3n) is 3.15. The molecule has 76 valence electrons. The predicted octanol–water partition coefficient (Wildman–Crippen LogP) is 3.42. The molecule has 1 aliphatic rings. The molecule has 1 aromatic carbocycles. The molecule has 0 heterocycles. The Hall–Kier alpha value is -0.340. The molecule has 0 aromatic heterocycles. The molecule has 1 nitrogen and oxygen atoms in total. The van der Waals surface area contributed by atoms with Gasteiger partial charge in [0.15, 0.2) is 0 Å². The van der Waals surface area contributed by atoms with Crippen molar-refractivity contribution >= 4 is 15.9 Å². The lowest BCUT2D eigenvalue weighted by atomic mass is 10.0. The van der Waals surface area contributed by atoms with Crippen LogP contribution in [0.15, 0.2) is 28.7 Å². The first-order valence-corrected chi connectivity index (χ1v) is 6.01. The summed E-state index contributed by atoms with van der Waals surface area (Å²) in [4.78, 5) is 0. The summed E-state index contributed by atoms with van der Waals surface area (Å²) in [5.74, 6) is 0.696. The molecule has 1 aliphatic carbocycles. The number of nitrogens with two attached hydrogens (primary N) is 1. The Morgan fingerprint density at radius 1 is 1.57 bits per heavy atom. The average molecular weight is 254 g/mol. The van der Waals surface area contributed by atoms with E-state index < -0.39 is 0 Å². The quantitative estimate of drug-likeness (QED) is 0.878. The van der Waals surface area contributed by atoms with Crippen molar-refractivity contribution in [3.05, 3.63) is 34.3 Å². The van der Waals surface area contributed by atoms with Crippen LogP contribution in [0.3, 0.4) is 0 Å². The zero-order valence-electron chi connectivity index (χ0n) is 8.46. The van der Waals surface area contributed by atoms with Crippen molar-refractivity contribution in [3.63, 3.8) is 0 Å². The minimum Gasteiger partial charge on any atom is -0.321 e. The first-order chi connectivity index (χ1) is 6.66. The van der Waals surface area contributed by atoms with Gasteiger partial charge in [-0.3, -0.25) is 0 Å². The molecule has 2 atom stereocenters. The fraction of sp³-hybridized carbons (Fsp3) is 0.500. The van der Waals surface area contributed by atoms with Crippen LogP contribution in [0.2, 0.25) is 0 Å². The SMILES string of the molecule is CCCC1CC1(N)c1cccc(Br)c1. The summed E-state index contributed by atoms with van der Waals surface area (Å²) >= 11 is 3.49. The molecule has 1 saturated carbocycles. The van der Waals surface area contributed by atoms with E-state index in [1.54, 1.807) is 0 Å². The molecule has 0 amide bonds. The highest BCUT2D eigenvalue weighted by atomic mass is 79.9. The van der Waals surface area contributed by atoms with Crippen molar-refractivity contribution < 1.29 is 0 Å². The third-order valence-corrected chi connectivity index (χ3v) is 3.65. The molecule has 1 fully saturated rings. The van der Waals surface area contributed by atoms with Crippen LogP contribution in [0.25, 0.3) is 0 Å². The van der Waals surface area contributed by atoms with Gasteiger partial charge in [-0.1, -0.05) is 41.4 Å². The molecule has 0 aliphatic heterocycles. The summed E-state index contributed by atoms with van der Waals surface area (Å²) in [6.45, 7) is 2.22. The standard InChI is InChI=1S/C12H16BrN/c1-2-4-10-8-12(10,14)9-5-3-6-11(13)7-9/h3,5-7,10H,2,4,8,14H2,1H3. The summed E-state index contributed by atoms with van der Waals surface area (Å²) in [6.07, 6.45) is 3.64. The lowest BCUT2D eigenvalue weighted by molar-refractivity contribution is 0.583. The van der Waals surface area contributed by atoms with E-state index in [1.165, 1.54) is 18.4 Å². The second-order valence-corrected chi connectivity index (χ2v) is 5.16. The summed E-state index contributed by atoms with van der Waals surface area (Å²) in [6, 6.07) is 8.40. The van der Waals surface area contributed by atoms with Gasteiger partial charge in [-0.05, 0) is 36.5 Å². The second-order valence-electron chi connectivity index (χ2n) is 4.24. The molecule has 14 heavy (non-hydrogen) atoms. The molecule has 2 rings (SSSR count). The van der Waals surface area contributed by atoms with Crippen molar-refractivity contribution in [2.75, 3.05) is 0 Å². The van der Waals surface area contributed by atoms with Gasteiger partial charge in [0.2, 0.25) is 0 Å². The van der Waals surface area contributed by atoms with Crippen molar-refractivity contribution in [2.45, 2.75) is 31.7 Å². The Morgan fingerprint density at radius 3 is 3.00 bits per heavy atom. The van der Waals surface area contributed by atoms with E-state index in [0.29, 0.717) is 5.92 Å². The van der Waals surface area contributed by atoms with Crippen molar-refractivity contribution in [3.8, 4) is 0 Å². The van der Waals surface area contributed by atoms with Crippen LogP contribution < -0.4 is 5.73 Å². The molecule has 2 N–H and O–H groups in total. The van der Waals surface area contributed by atoms with Gasteiger partial charge in [-0.25, -0.2) is 0 Å². The Labute approximate surface area is 93.8 Å². The van der Waals surface area contributed by atoms with Gasteiger partial charge in [0.25, 0.3) is 0 Å². The monoisotopic (exact) mass is 253 g/mol. The Morgan fingerprint density at radius 2 is 2.36 bits per heavy atom. The zero-order chi connectivity index (χ0) is 10.2. The van der Waals surface area contributed by atoms with Crippen LogP contribution in [0.5, 0.6) is 0 Å². The lowest BCUT2D eigenvalue weighted by Gasteiger charge is -2.12. The van der Waals surface area contributed by atoms with Crippen LogP contribution >= 0.6 is 15.9 Å². The Balaban J connectivity index is 2.17. The summed E-state index contributed by atoms with van der Waals surface area (Å²) in [5, 5.41) is 0. The first-order valence-electron chi connectivity index (χ1n) is 5.21. The van der Waals surface area contributed by atoms with Crippen molar-refractivity contribution in [2.24, 2.45) is 11.7 Å². The van der Waals surface area contributed by atoms with Gasteiger partial charge in [-0.15, -0.1) is 0 Å². The molecule has 2 unspecified atom stereocenters. The van der Waals surface area contributed by atoms with Crippen molar-refractivity contribution in [1.29, 1.82) is 0 Å². The smallest absolute Gasteiger partial charge is 0.0442 e. The van der Waals surface area contributed by atoms with Crippen LogP contribution in [-0.2, 0) is 5.54 Å². The van der Waals surface area contributed by atoms with E-state index in [-0.39, 0.29) is 5.54 Å². The van der Waals surface area contributed by atoms with Gasteiger partial charge in [0, 0.05) is 10.0 Å². The van der Waals surface area contributed by atoms with E-state index in [0.717, 1.165) is 10.9 Å². The third kappa shape index (κ3) is 1.73. The average Bonchev–Trinajstić information content (AvgIpc) is 2.79. The molecule has 0 spiro atoms. The van der Waals surface area contributed by atoms with Gasteiger partial charge in [-0.2, -0.15) is 0 Å². The van der Waals surface area contributed by atoms with Gasteiger partial charge >= 0.3 is 0 Å². The van der Waals surface area contributed by atoms with E-state index in [2.05, 4.69) is 41.1 Å². The number of hydrogen-bond donors (Lipinski definition) is 1. The van der Waals surface area contributed by atoms with Gasteiger partial charge < -0.3 is 5.73 Å². The molecule has 0 saturated heterocycles. The first kappa shape index (κ1) is 10.2. The molecule has 1 aromatic rings. The summed E-state index contributed by atoms with van der Waals surface area (Å²) < 4.78 is 1.13. The highest BCUT2D eigenvalue weighted by Crippen LogP contribution is 2.52. The number of halogens is 1. The van der Waals surface area contributed by atoms with Crippen LogP contribution in [0.4, 0.5) is 0 Å². The Kier molecular flexibility index (Phi) is 2.67. The van der Waals surface area contributed by atoms with Gasteiger partial charge in [0.05, 0.1) is 0 Å². The molecule has 0 bridgehead atoms. The summed E-state index contributed by atoms with van der Waals surface area (Å²) in [5.41, 5.74) is 7.60. The van der Waals surface area contributed by atoms with Crippen LogP contribution in [0.1, 0.15) is 31.7 Å². The van der Waals surface area contributed by atoms with E-state index in [1.807, 2.05) is 6.07 Å². The minimum absolute atomic E-state index is 0.0280. The highest BCUT2D eigenvalue weighted by molar-refractivity contribution is 9.10. The number of rotatable bonds is 3. The van der Waals surface area contributed by atoms with Crippen LogP contribution in [0, 0.1) is 5.92 Å². The van der Waals surface area contributed by atoms with E-state index >= 15 is 0 Å². The Bertz CT molecular complexity index is 337. The van der Waals surface area contributed by atoms with E-state index in [9.17, 15) is 0 Å². The highest BCUT2D eigenvalue weighted by Gasteiger charge is 2.51. The maximum atomic E-state index is 6.35. The second kappa shape index (κ2) is 3.67. The van der Waals surface area contributed by atoms with Crippen LogP contribution in [-0.4, -0.2) is 0 Å². The maximum Gasteiger partial charge on any atom is 0.0442 e. The topological polar surface area (TPSA) is 26.0 Å². The minimum atomic E-state index is -0.0280. The largest absolute Gasteiger partial charge is 0.321 e. The zero-order valence-corrected chi connectivity index (χ0v) is 10.0. The van der Waals surface area contributed by atoms with Gasteiger partial charge in [0.1, 0.15) is 0 Å². The molecule has 0 radical (unpaired) electrons. The van der Waals surface area contributed by atoms with E-state index in [4.69, 9.17) is 5.73 Å². The fourth-order valence-electron chi connectivity index (χ4n) is 2.19. The van der Waals surface area contributed by atoms with Crippen molar-refractivity contribution in [1.82, 2.24) is 0 Å². The molecule has 2 heteroatoms. The predicted molar refractivity (Wildman–Crippen MR) is 63.0 cm³/mol. The summed E-state index contributed by atoms with van der Waals surface area (Å²) in [7, 11) is 0. The maximum absolute atomic E-state index is 6.35. The number of hydrogen-bond acceptors (Lipinski definition) is 1. The lowest BCUT2D eigenvalue weighted by Crippen LogP contribution is -2.22.